The maximum atomic E-state index is 12.6. The summed E-state index contributed by atoms with van der Waals surface area (Å²) in [5.74, 6) is 0.382. The van der Waals surface area contributed by atoms with Crippen molar-refractivity contribution in [3.63, 3.8) is 0 Å². The molecule has 0 aliphatic carbocycles. The van der Waals surface area contributed by atoms with E-state index >= 15 is 0 Å². The number of aromatic nitrogens is 1. The summed E-state index contributed by atoms with van der Waals surface area (Å²) in [4.78, 5) is 17.3. The number of hydrogen-bond donors (Lipinski definition) is 2. The summed E-state index contributed by atoms with van der Waals surface area (Å²) in [5.41, 5.74) is 8.78. The highest BCUT2D eigenvalue weighted by molar-refractivity contribution is 9.11. The van der Waals surface area contributed by atoms with Gasteiger partial charge in [-0.1, -0.05) is 53.6 Å². The first-order valence-corrected chi connectivity index (χ1v) is 15.3. The van der Waals surface area contributed by atoms with Crippen molar-refractivity contribution in [2.75, 3.05) is 5.32 Å². The molecule has 4 aromatic carbocycles. The number of halogens is 3. The molecule has 0 spiro atoms. The number of anilines is 2. The molecule has 206 valence electrons. The fraction of sp³-hybridized carbons (Fsp3) is 0.0645. The van der Waals surface area contributed by atoms with Gasteiger partial charge < -0.3 is 10.1 Å². The van der Waals surface area contributed by atoms with E-state index in [4.69, 9.17) is 16.3 Å². The molecule has 0 aliphatic heterocycles. The van der Waals surface area contributed by atoms with Crippen LogP contribution in [0.15, 0.2) is 104 Å². The predicted molar refractivity (Wildman–Crippen MR) is 175 cm³/mol. The lowest BCUT2D eigenvalue weighted by Gasteiger charge is -2.11. The van der Waals surface area contributed by atoms with Crippen LogP contribution < -0.4 is 15.5 Å². The van der Waals surface area contributed by atoms with Gasteiger partial charge in [0.05, 0.1) is 20.9 Å². The van der Waals surface area contributed by atoms with E-state index in [1.165, 1.54) is 16.9 Å². The van der Waals surface area contributed by atoms with Crippen molar-refractivity contribution < 1.29 is 9.53 Å². The highest BCUT2D eigenvalue weighted by Gasteiger charge is 2.11. The van der Waals surface area contributed by atoms with E-state index in [9.17, 15) is 4.79 Å². The molecule has 10 heteroatoms. The van der Waals surface area contributed by atoms with E-state index in [2.05, 4.69) is 71.7 Å². The van der Waals surface area contributed by atoms with Gasteiger partial charge in [-0.25, -0.2) is 10.4 Å². The third-order valence-corrected chi connectivity index (χ3v) is 8.13. The number of carbonyl (C=O) groups excluding carboxylic acids is 1. The number of carbonyl (C=O) groups is 1. The maximum absolute atomic E-state index is 12.6. The number of thiazole rings is 1. The zero-order chi connectivity index (χ0) is 28.8. The largest absolute Gasteiger partial charge is 0.487 e. The average molecular weight is 711 g/mol. The standard InChI is InChI=1S/C31H23Br2ClN4O2S/c1-19-2-4-20(5-3-19)17-40-29-26(32)14-21(15-27(29)33)16-35-38-30(39)23-8-6-22(7-9-23)28-18-41-31(37-28)36-25-12-10-24(34)11-13-25/h2-16,18H,17H2,1H3,(H,36,37)(H,38,39)/b35-16-. The van der Waals surface area contributed by atoms with Crippen molar-refractivity contribution in [2.24, 2.45) is 5.10 Å². The first-order valence-electron chi connectivity index (χ1n) is 12.4. The second-order valence-electron chi connectivity index (χ2n) is 9.03. The molecule has 0 unspecified atom stereocenters. The van der Waals surface area contributed by atoms with Crippen molar-refractivity contribution in [1.29, 1.82) is 0 Å². The third kappa shape index (κ3) is 7.83. The molecular formula is C31H23Br2ClN4O2S. The highest BCUT2D eigenvalue weighted by atomic mass is 79.9. The van der Waals surface area contributed by atoms with Gasteiger partial charge in [-0.2, -0.15) is 5.10 Å². The van der Waals surface area contributed by atoms with Gasteiger partial charge in [0.25, 0.3) is 5.91 Å². The molecule has 1 heterocycles. The van der Waals surface area contributed by atoms with E-state index in [0.29, 0.717) is 22.9 Å². The third-order valence-electron chi connectivity index (χ3n) is 5.95. The Morgan fingerprint density at radius 1 is 1.00 bits per heavy atom. The van der Waals surface area contributed by atoms with Gasteiger partial charge in [-0.3, -0.25) is 4.79 Å². The van der Waals surface area contributed by atoms with Gasteiger partial charge in [-0.05, 0) is 98.4 Å². The zero-order valence-corrected chi connectivity index (χ0v) is 26.4. The van der Waals surface area contributed by atoms with Crippen molar-refractivity contribution in [2.45, 2.75) is 13.5 Å². The molecule has 0 atom stereocenters. The van der Waals surface area contributed by atoms with Crippen LogP contribution in [-0.4, -0.2) is 17.1 Å². The highest BCUT2D eigenvalue weighted by Crippen LogP contribution is 2.35. The number of nitrogens with zero attached hydrogens (tertiary/aromatic N) is 2. The molecule has 0 saturated heterocycles. The monoisotopic (exact) mass is 708 g/mol. The Morgan fingerprint density at radius 2 is 1.68 bits per heavy atom. The summed E-state index contributed by atoms with van der Waals surface area (Å²) >= 11 is 14.6. The number of ether oxygens (including phenoxy) is 1. The zero-order valence-electron chi connectivity index (χ0n) is 21.7. The van der Waals surface area contributed by atoms with Crippen LogP contribution in [0.4, 0.5) is 10.8 Å². The predicted octanol–water partition coefficient (Wildman–Crippen LogP) is 9.38. The SMILES string of the molecule is Cc1ccc(COc2c(Br)cc(/C=N\NC(=O)c3ccc(-c4csc(Nc5ccc(Cl)cc5)n4)cc3)cc2Br)cc1. The number of aryl methyl sites for hydroxylation is 1. The number of hydrogen-bond acceptors (Lipinski definition) is 6. The Labute approximate surface area is 263 Å². The van der Waals surface area contributed by atoms with Crippen molar-refractivity contribution in [3.8, 4) is 17.0 Å². The van der Waals surface area contributed by atoms with Crippen LogP contribution in [0.2, 0.25) is 5.02 Å². The maximum Gasteiger partial charge on any atom is 0.271 e. The fourth-order valence-corrected chi connectivity index (χ4v) is 6.09. The summed E-state index contributed by atoms with van der Waals surface area (Å²) in [6.07, 6.45) is 1.58. The minimum atomic E-state index is -0.313. The van der Waals surface area contributed by atoms with Gasteiger partial charge in [0.1, 0.15) is 12.4 Å². The Bertz CT molecular complexity index is 1670. The van der Waals surface area contributed by atoms with E-state index in [1.807, 2.05) is 66.0 Å². The van der Waals surface area contributed by atoms with Gasteiger partial charge in [-0.15, -0.1) is 11.3 Å². The van der Waals surface area contributed by atoms with Crippen LogP contribution in [0.25, 0.3) is 11.3 Å². The Kier molecular flexibility index (Phi) is 9.51. The minimum absolute atomic E-state index is 0.313. The molecule has 5 aromatic rings. The van der Waals surface area contributed by atoms with E-state index in [1.54, 1.807) is 18.3 Å². The molecule has 1 aromatic heterocycles. The van der Waals surface area contributed by atoms with Crippen molar-refractivity contribution in [3.05, 3.63) is 127 Å². The summed E-state index contributed by atoms with van der Waals surface area (Å²) in [7, 11) is 0. The Balaban J connectivity index is 1.16. The average Bonchev–Trinajstić information content (AvgIpc) is 3.43. The minimum Gasteiger partial charge on any atom is -0.487 e. The molecule has 5 rings (SSSR count). The summed E-state index contributed by atoms with van der Waals surface area (Å²) in [6.45, 7) is 2.50. The Hall–Kier alpha value is -3.50. The van der Waals surface area contributed by atoms with Gasteiger partial charge in [0.2, 0.25) is 0 Å². The Morgan fingerprint density at radius 3 is 2.37 bits per heavy atom. The number of amides is 1. The summed E-state index contributed by atoms with van der Waals surface area (Å²) < 4.78 is 7.55. The smallest absolute Gasteiger partial charge is 0.271 e. The van der Waals surface area contributed by atoms with E-state index < -0.39 is 0 Å². The first kappa shape index (κ1) is 29.0. The molecule has 0 radical (unpaired) electrons. The number of benzene rings is 4. The van der Waals surface area contributed by atoms with E-state index in [-0.39, 0.29) is 5.91 Å². The van der Waals surface area contributed by atoms with Gasteiger partial charge in [0, 0.05) is 27.2 Å². The molecule has 0 aliphatic rings. The molecule has 6 nitrogen and oxygen atoms in total. The lowest BCUT2D eigenvalue weighted by molar-refractivity contribution is 0.0955. The molecule has 0 fully saturated rings. The lowest BCUT2D eigenvalue weighted by atomic mass is 10.1. The van der Waals surface area contributed by atoms with Crippen molar-refractivity contribution in [1.82, 2.24) is 10.4 Å². The number of hydrazone groups is 1. The van der Waals surface area contributed by atoms with Crippen LogP contribution in [0.1, 0.15) is 27.0 Å². The van der Waals surface area contributed by atoms with Crippen LogP contribution in [0, 0.1) is 6.92 Å². The number of rotatable bonds is 9. The molecule has 1 amide bonds. The fourth-order valence-electron chi connectivity index (χ4n) is 3.77. The molecule has 41 heavy (non-hydrogen) atoms. The summed E-state index contributed by atoms with van der Waals surface area (Å²) in [6, 6.07) is 26.6. The molecule has 2 N–H and O–H groups in total. The number of nitrogens with one attached hydrogen (secondary N) is 2. The van der Waals surface area contributed by atoms with E-state index in [0.717, 1.165) is 42.1 Å². The normalized spacial score (nSPS) is 11.0. The van der Waals surface area contributed by atoms with Crippen LogP contribution >= 0.6 is 54.8 Å². The van der Waals surface area contributed by atoms with Gasteiger partial charge >= 0.3 is 0 Å². The van der Waals surface area contributed by atoms with Crippen molar-refractivity contribution >= 4 is 77.7 Å². The lowest BCUT2D eigenvalue weighted by Crippen LogP contribution is -2.17. The van der Waals surface area contributed by atoms with Crippen LogP contribution in [0.3, 0.4) is 0 Å². The first-order chi connectivity index (χ1) is 19.8. The molecule has 0 bridgehead atoms. The molecular weight excluding hydrogens is 688 g/mol. The van der Waals surface area contributed by atoms with Crippen LogP contribution in [0.5, 0.6) is 5.75 Å². The van der Waals surface area contributed by atoms with Crippen LogP contribution in [-0.2, 0) is 6.61 Å². The molecule has 0 saturated carbocycles. The van der Waals surface area contributed by atoms with Gasteiger partial charge in [0.15, 0.2) is 5.13 Å². The second kappa shape index (κ2) is 13.4. The topological polar surface area (TPSA) is 75.6 Å². The quantitative estimate of drug-likeness (QED) is 0.118. The second-order valence-corrected chi connectivity index (χ2v) is 12.0. The summed E-state index contributed by atoms with van der Waals surface area (Å²) in [5, 5.41) is 10.8.